The van der Waals surface area contributed by atoms with Gasteiger partial charge >= 0.3 is 5.97 Å². The van der Waals surface area contributed by atoms with Crippen molar-refractivity contribution in [1.82, 2.24) is 9.55 Å². The van der Waals surface area contributed by atoms with Gasteiger partial charge in [0.1, 0.15) is 6.04 Å². The number of halogens is 1. The van der Waals surface area contributed by atoms with E-state index in [0.717, 1.165) is 5.52 Å². The normalized spacial score (nSPS) is 12.9. The predicted molar refractivity (Wildman–Crippen MR) is 60.3 cm³/mol. The number of aromatic nitrogens is 2. The predicted octanol–water partition coefficient (Wildman–Crippen LogP) is 1.31. The number of aryl methyl sites for hydroxylation is 1. The lowest BCUT2D eigenvalue weighted by atomic mass is 10.1. The van der Waals surface area contributed by atoms with E-state index in [4.69, 9.17) is 22.4 Å². The van der Waals surface area contributed by atoms with E-state index in [-0.39, 0.29) is 0 Å². The Hall–Kier alpha value is -1.59. The summed E-state index contributed by atoms with van der Waals surface area (Å²) in [4.78, 5) is 14.9. The van der Waals surface area contributed by atoms with Crippen LogP contribution in [0.1, 0.15) is 11.6 Å². The van der Waals surface area contributed by atoms with E-state index in [1.807, 2.05) is 7.05 Å². The summed E-state index contributed by atoms with van der Waals surface area (Å²) in [5, 5.41) is 9.17. The second kappa shape index (κ2) is 3.77. The molecule has 84 valence electrons. The number of carboxylic acids is 1. The lowest BCUT2D eigenvalue weighted by molar-refractivity contribution is -0.138. The van der Waals surface area contributed by atoms with E-state index < -0.39 is 12.0 Å². The molecule has 0 amide bonds. The van der Waals surface area contributed by atoms with Crippen LogP contribution in [0.3, 0.4) is 0 Å². The Bertz CT molecular complexity index is 564. The molecule has 1 heterocycles. The first-order valence-electron chi connectivity index (χ1n) is 4.59. The Labute approximate surface area is 96.4 Å². The minimum Gasteiger partial charge on any atom is -0.480 e. The Balaban J connectivity index is 2.65. The molecule has 1 aromatic heterocycles. The summed E-state index contributed by atoms with van der Waals surface area (Å²) in [7, 11) is 1.82. The van der Waals surface area contributed by atoms with Crippen LogP contribution in [0.4, 0.5) is 0 Å². The van der Waals surface area contributed by atoms with Crippen molar-refractivity contribution < 1.29 is 9.90 Å². The van der Waals surface area contributed by atoms with E-state index >= 15 is 0 Å². The number of hydrogen-bond donors (Lipinski definition) is 2. The van der Waals surface area contributed by atoms with Crippen LogP contribution in [0, 0.1) is 0 Å². The fourth-order valence-corrected chi connectivity index (χ4v) is 1.81. The van der Waals surface area contributed by atoms with Crippen LogP contribution in [0.2, 0.25) is 5.02 Å². The maximum absolute atomic E-state index is 10.8. The highest BCUT2D eigenvalue weighted by Gasteiger charge is 2.19. The minimum atomic E-state index is -1.12. The third-order valence-electron chi connectivity index (χ3n) is 2.44. The van der Waals surface area contributed by atoms with Crippen LogP contribution in [0.5, 0.6) is 0 Å². The lowest BCUT2D eigenvalue weighted by Crippen LogP contribution is -2.21. The molecule has 1 unspecified atom stereocenters. The number of rotatable bonds is 2. The summed E-state index contributed by atoms with van der Waals surface area (Å²) in [6.45, 7) is 0. The van der Waals surface area contributed by atoms with Crippen LogP contribution in [0.25, 0.3) is 11.0 Å². The smallest absolute Gasteiger partial charge is 0.325 e. The molecule has 5 nitrogen and oxygen atoms in total. The monoisotopic (exact) mass is 239 g/mol. The van der Waals surface area contributed by atoms with E-state index in [0.29, 0.717) is 16.1 Å². The van der Waals surface area contributed by atoms with Gasteiger partial charge in [0.2, 0.25) is 0 Å². The van der Waals surface area contributed by atoms with Gasteiger partial charge in [-0.25, -0.2) is 4.98 Å². The quantitative estimate of drug-likeness (QED) is 0.828. The van der Waals surface area contributed by atoms with Gasteiger partial charge in [-0.15, -0.1) is 0 Å². The van der Waals surface area contributed by atoms with Crippen LogP contribution in [0.15, 0.2) is 18.5 Å². The third kappa shape index (κ3) is 1.64. The molecule has 1 aromatic carbocycles. The Morgan fingerprint density at radius 2 is 2.31 bits per heavy atom. The van der Waals surface area contributed by atoms with Gasteiger partial charge in [-0.2, -0.15) is 0 Å². The van der Waals surface area contributed by atoms with Crippen molar-refractivity contribution in [2.45, 2.75) is 6.04 Å². The first-order valence-corrected chi connectivity index (χ1v) is 4.97. The van der Waals surface area contributed by atoms with Gasteiger partial charge in [0, 0.05) is 17.6 Å². The molecule has 3 N–H and O–H groups in total. The van der Waals surface area contributed by atoms with Crippen molar-refractivity contribution in [3.63, 3.8) is 0 Å². The maximum Gasteiger partial charge on any atom is 0.325 e. The van der Waals surface area contributed by atoms with Crippen molar-refractivity contribution in [3.8, 4) is 0 Å². The fourth-order valence-electron chi connectivity index (χ4n) is 1.54. The lowest BCUT2D eigenvalue weighted by Gasteiger charge is -2.09. The van der Waals surface area contributed by atoms with Gasteiger partial charge in [-0.05, 0) is 12.1 Å². The number of benzene rings is 1. The highest BCUT2D eigenvalue weighted by molar-refractivity contribution is 6.32. The first kappa shape index (κ1) is 10.9. The second-order valence-corrected chi connectivity index (χ2v) is 3.94. The second-order valence-electron chi connectivity index (χ2n) is 3.53. The molecule has 16 heavy (non-hydrogen) atoms. The molecular formula is C10H10ClN3O2. The van der Waals surface area contributed by atoms with Crippen molar-refractivity contribution in [2.75, 3.05) is 0 Å². The molecule has 0 aliphatic heterocycles. The van der Waals surface area contributed by atoms with Crippen molar-refractivity contribution in [3.05, 3.63) is 29.0 Å². The molecule has 2 rings (SSSR count). The van der Waals surface area contributed by atoms with E-state index in [2.05, 4.69) is 4.98 Å². The maximum atomic E-state index is 10.8. The third-order valence-corrected chi connectivity index (χ3v) is 2.77. The zero-order chi connectivity index (χ0) is 11.9. The Morgan fingerprint density at radius 3 is 2.94 bits per heavy atom. The molecule has 2 aromatic rings. The summed E-state index contributed by atoms with van der Waals surface area (Å²) in [6.07, 6.45) is 1.64. The Morgan fingerprint density at radius 1 is 1.62 bits per heavy atom. The summed E-state index contributed by atoms with van der Waals surface area (Å²) in [5.41, 5.74) is 7.45. The summed E-state index contributed by atoms with van der Waals surface area (Å²) in [5.74, 6) is -1.11. The topological polar surface area (TPSA) is 81.1 Å². The molecule has 0 aliphatic rings. The van der Waals surface area contributed by atoms with Gasteiger partial charge in [-0.3, -0.25) is 4.79 Å². The van der Waals surface area contributed by atoms with Gasteiger partial charge in [0.15, 0.2) is 0 Å². The molecular weight excluding hydrogens is 230 g/mol. The largest absolute Gasteiger partial charge is 0.480 e. The standard InChI is InChI=1S/C10H10ClN3O2/c1-14-4-13-7-3-6(11)5(2-8(7)14)9(12)10(15)16/h2-4,9H,12H2,1H3,(H,15,16). The molecule has 0 spiro atoms. The number of aliphatic carboxylic acids is 1. The van der Waals surface area contributed by atoms with Crippen molar-refractivity contribution >= 4 is 28.6 Å². The number of carbonyl (C=O) groups is 1. The zero-order valence-electron chi connectivity index (χ0n) is 8.51. The van der Waals surface area contributed by atoms with Gasteiger partial charge in [0.05, 0.1) is 17.4 Å². The summed E-state index contributed by atoms with van der Waals surface area (Å²) < 4.78 is 1.78. The number of hydrogen-bond acceptors (Lipinski definition) is 3. The number of imidazole rings is 1. The van der Waals surface area contributed by atoms with Crippen LogP contribution >= 0.6 is 11.6 Å². The molecule has 0 saturated carbocycles. The SMILES string of the molecule is Cn1cnc2cc(Cl)c(C(N)C(=O)O)cc21. The number of carboxylic acid groups (broad SMARTS) is 1. The van der Waals surface area contributed by atoms with E-state index in [1.54, 1.807) is 23.0 Å². The first-order chi connectivity index (χ1) is 7.50. The van der Waals surface area contributed by atoms with Gasteiger partial charge < -0.3 is 15.4 Å². The van der Waals surface area contributed by atoms with E-state index in [9.17, 15) is 4.79 Å². The van der Waals surface area contributed by atoms with Crippen LogP contribution in [-0.4, -0.2) is 20.6 Å². The molecule has 0 radical (unpaired) electrons. The van der Waals surface area contributed by atoms with Crippen LogP contribution < -0.4 is 5.73 Å². The number of nitrogens with zero attached hydrogens (tertiary/aromatic N) is 2. The van der Waals surface area contributed by atoms with Crippen LogP contribution in [-0.2, 0) is 11.8 Å². The average molecular weight is 240 g/mol. The van der Waals surface area contributed by atoms with Gasteiger partial charge in [-0.1, -0.05) is 11.6 Å². The van der Waals surface area contributed by atoms with E-state index in [1.165, 1.54) is 0 Å². The average Bonchev–Trinajstić information content (AvgIpc) is 2.57. The molecule has 0 aliphatic carbocycles. The molecule has 1 atom stereocenters. The summed E-state index contributed by atoms with van der Waals surface area (Å²) >= 11 is 5.96. The fraction of sp³-hybridized carbons (Fsp3) is 0.200. The molecule has 6 heteroatoms. The minimum absolute atomic E-state index is 0.320. The Kier molecular flexibility index (Phi) is 2.57. The highest BCUT2D eigenvalue weighted by Crippen LogP contribution is 2.26. The zero-order valence-corrected chi connectivity index (χ0v) is 9.27. The van der Waals surface area contributed by atoms with Crippen molar-refractivity contribution in [2.24, 2.45) is 12.8 Å². The highest BCUT2D eigenvalue weighted by atomic mass is 35.5. The number of nitrogens with two attached hydrogens (primary N) is 1. The van der Waals surface area contributed by atoms with Crippen molar-refractivity contribution in [1.29, 1.82) is 0 Å². The summed E-state index contributed by atoms with van der Waals surface area (Å²) in [6, 6.07) is 2.16. The molecule has 0 saturated heterocycles. The molecule has 0 fully saturated rings. The molecule has 0 bridgehead atoms. The number of fused-ring (bicyclic) bond motifs is 1. The van der Waals surface area contributed by atoms with Gasteiger partial charge in [0.25, 0.3) is 0 Å².